The number of benzene rings is 1. The summed E-state index contributed by atoms with van der Waals surface area (Å²) in [4.78, 5) is 28.7. The third-order valence-electron chi connectivity index (χ3n) is 5.02. The zero-order valence-electron chi connectivity index (χ0n) is 15.1. The minimum absolute atomic E-state index is 0.106. The Morgan fingerprint density at radius 3 is 2.46 bits per heavy atom. The van der Waals surface area contributed by atoms with Crippen LogP contribution in [0.1, 0.15) is 35.7 Å². The largest absolute Gasteiger partial charge is 0.352 e. The highest BCUT2D eigenvalue weighted by Gasteiger charge is 2.24. The summed E-state index contributed by atoms with van der Waals surface area (Å²) in [6, 6.07) is 9.99. The first-order valence-corrected chi connectivity index (χ1v) is 9.06. The Morgan fingerprint density at radius 1 is 1.04 bits per heavy atom. The fraction of sp³-hybridized carbons (Fsp3) is 0.350. The molecular formula is C20H23N5O. The van der Waals surface area contributed by atoms with E-state index in [0.717, 1.165) is 35.5 Å². The van der Waals surface area contributed by atoms with Gasteiger partial charge in [0, 0.05) is 37.9 Å². The highest BCUT2D eigenvalue weighted by atomic mass is 16.2. The Kier molecular flexibility index (Phi) is 4.32. The van der Waals surface area contributed by atoms with Crippen LogP contribution >= 0.6 is 0 Å². The topological polar surface area (TPSA) is 65.1 Å². The number of piperazine rings is 1. The molecule has 0 aliphatic carbocycles. The van der Waals surface area contributed by atoms with Crippen LogP contribution in [0.4, 0.5) is 5.82 Å². The van der Waals surface area contributed by atoms with Gasteiger partial charge >= 0.3 is 0 Å². The molecule has 26 heavy (non-hydrogen) atoms. The van der Waals surface area contributed by atoms with Crippen LogP contribution in [0.5, 0.6) is 0 Å². The molecule has 1 amide bonds. The number of anilines is 1. The van der Waals surface area contributed by atoms with Crippen molar-refractivity contribution in [1.82, 2.24) is 19.9 Å². The van der Waals surface area contributed by atoms with Crippen molar-refractivity contribution in [3.05, 3.63) is 54.0 Å². The van der Waals surface area contributed by atoms with Gasteiger partial charge in [-0.15, -0.1) is 0 Å². The number of carbonyl (C=O) groups is 1. The van der Waals surface area contributed by atoms with Crippen LogP contribution in [0, 0.1) is 0 Å². The second kappa shape index (κ2) is 6.78. The third kappa shape index (κ3) is 3.03. The normalized spacial score (nSPS) is 15.0. The lowest BCUT2D eigenvalue weighted by Gasteiger charge is -2.35. The van der Waals surface area contributed by atoms with E-state index >= 15 is 0 Å². The van der Waals surface area contributed by atoms with Gasteiger partial charge in [-0.05, 0) is 29.7 Å². The number of fused-ring (bicyclic) bond motifs is 1. The van der Waals surface area contributed by atoms with Gasteiger partial charge in [-0.25, -0.2) is 9.97 Å². The Bertz CT molecular complexity index is 907. The Hall–Kier alpha value is -2.89. The zero-order chi connectivity index (χ0) is 18.1. The monoisotopic (exact) mass is 349 g/mol. The predicted octanol–water partition coefficient (Wildman–Crippen LogP) is 3.04. The number of hydrogen-bond acceptors (Lipinski definition) is 4. The van der Waals surface area contributed by atoms with Crippen molar-refractivity contribution in [2.75, 3.05) is 31.1 Å². The summed E-state index contributed by atoms with van der Waals surface area (Å²) in [6.07, 6.45) is 3.46. The highest BCUT2D eigenvalue weighted by Crippen LogP contribution is 2.23. The molecule has 6 nitrogen and oxygen atoms in total. The predicted molar refractivity (Wildman–Crippen MR) is 103 cm³/mol. The lowest BCUT2D eigenvalue weighted by atomic mass is 10.0. The molecule has 0 spiro atoms. The van der Waals surface area contributed by atoms with Gasteiger partial charge in [-0.2, -0.15) is 0 Å². The number of H-pyrrole nitrogens is 1. The molecule has 0 unspecified atom stereocenters. The summed E-state index contributed by atoms with van der Waals surface area (Å²) in [5, 5.41) is 1.02. The first kappa shape index (κ1) is 16.6. The number of hydrogen-bond donors (Lipinski definition) is 1. The number of nitrogens with zero attached hydrogens (tertiary/aromatic N) is 4. The van der Waals surface area contributed by atoms with Gasteiger partial charge in [0.2, 0.25) is 0 Å². The number of carbonyl (C=O) groups excluding carboxylic acids is 1. The molecule has 0 bridgehead atoms. The van der Waals surface area contributed by atoms with Crippen molar-refractivity contribution in [3.63, 3.8) is 0 Å². The molecule has 1 N–H and O–H groups in total. The van der Waals surface area contributed by atoms with Gasteiger partial charge in [0.05, 0.1) is 5.39 Å². The average molecular weight is 349 g/mol. The van der Waals surface area contributed by atoms with Gasteiger partial charge in [-0.1, -0.05) is 26.0 Å². The molecule has 2 aromatic heterocycles. The molecule has 0 saturated carbocycles. The van der Waals surface area contributed by atoms with Crippen LogP contribution in [-0.4, -0.2) is 51.9 Å². The smallest absolute Gasteiger partial charge is 0.253 e. The van der Waals surface area contributed by atoms with E-state index in [2.05, 4.69) is 45.8 Å². The van der Waals surface area contributed by atoms with E-state index in [1.807, 2.05) is 29.3 Å². The van der Waals surface area contributed by atoms with E-state index in [1.165, 1.54) is 5.56 Å². The molecule has 4 rings (SSSR count). The number of amides is 1. The quantitative estimate of drug-likeness (QED) is 0.789. The van der Waals surface area contributed by atoms with Crippen molar-refractivity contribution in [1.29, 1.82) is 0 Å². The van der Waals surface area contributed by atoms with Crippen LogP contribution in [-0.2, 0) is 0 Å². The Balaban J connectivity index is 1.44. The van der Waals surface area contributed by atoms with Gasteiger partial charge in [0.1, 0.15) is 17.8 Å². The van der Waals surface area contributed by atoms with Gasteiger partial charge in [0.25, 0.3) is 5.91 Å². The van der Waals surface area contributed by atoms with E-state index in [4.69, 9.17) is 0 Å². The lowest BCUT2D eigenvalue weighted by molar-refractivity contribution is 0.0746. The molecule has 1 aromatic carbocycles. The number of aromatic amines is 1. The van der Waals surface area contributed by atoms with Crippen molar-refractivity contribution in [2.45, 2.75) is 19.8 Å². The van der Waals surface area contributed by atoms with Crippen molar-refractivity contribution < 1.29 is 4.79 Å². The summed E-state index contributed by atoms with van der Waals surface area (Å²) in [5.41, 5.74) is 2.86. The van der Waals surface area contributed by atoms with E-state index in [1.54, 1.807) is 6.33 Å². The van der Waals surface area contributed by atoms with Crippen molar-refractivity contribution >= 4 is 22.8 Å². The van der Waals surface area contributed by atoms with Crippen LogP contribution in [0.2, 0.25) is 0 Å². The van der Waals surface area contributed by atoms with E-state index in [9.17, 15) is 4.79 Å². The summed E-state index contributed by atoms with van der Waals surface area (Å²) in [5.74, 6) is 1.51. The van der Waals surface area contributed by atoms with Crippen LogP contribution < -0.4 is 4.90 Å². The number of aromatic nitrogens is 3. The Labute approximate surface area is 152 Å². The minimum Gasteiger partial charge on any atom is -0.352 e. The summed E-state index contributed by atoms with van der Waals surface area (Å²) >= 11 is 0. The summed E-state index contributed by atoms with van der Waals surface area (Å²) in [7, 11) is 0. The van der Waals surface area contributed by atoms with Gasteiger partial charge in [0.15, 0.2) is 0 Å². The molecule has 1 saturated heterocycles. The molecule has 0 atom stereocenters. The van der Waals surface area contributed by atoms with Crippen LogP contribution in [0.15, 0.2) is 42.9 Å². The lowest BCUT2D eigenvalue weighted by Crippen LogP contribution is -2.49. The summed E-state index contributed by atoms with van der Waals surface area (Å²) < 4.78 is 0. The number of nitrogens with one attached hydrogen (secondary N) is 1. The molecule has 3 heterocycles. The molecule has 1 aliphatic rings. The standard InChI is InChI=1S/C20H23N5O/c1-14(2)15-3-5-16(6-4-15)20(26)25-11-9-24(10-12-25)19-17-7-8-21-18(17)22-13-23-19/h3-8,13-14H,9-12H2,1-2H3,(H,21,22,23). The van der Waals surface area contributed by atoms with E-state index in [0.29, 0.717) is 19.0 Å². The second-order valence-corrected chi connectivity index (χ2v) is 6.99. The van der Waals surface area contributed by atoms with E-state index < -0.39 is 0 Å². The van der Waals surface area contributed by atoms with Crippen LogP contribution in [0.25, 0.3) is 11.0 Å². The second-order valence-electron chi connectivity index (χ2n) is 6.99. The number of rotatable bonds is 3. The zero-order valence-corrected chi connectivity index (χ0v) is 15.1. The first-order valence-electron chi connectivity index (χ1n) is 9.06. The first-order chi connectivity index (χ1) is 12.6. The maximum atomic E-state index is 12.8. The molecule has 0 radical (unpaired) electrons. The van der Waals surface area contributed by atoms with Crippen LogP contribution in [0.3, 0.4) is 0 Å². The highest BCUT2D eigenvalue weighted by molar-refractivity contribution is 5.94. The van der Waals surface area contributed by atoms with Gasteiger partial charge in [-0.3, -0.25) is 4.79 Å². The minimum atomic E-state index is 0.106. The molecular weight excluding hydrogens is 326 g/mol. The fourth-order valence-electron chi connectivity index (χ4n) is 3.43. The van der Waals surface area contributed by atoms with E-state index in [-0.39, 0.29) is 5.91 Å². The molecule has 6 heteroatoms. The third-order valence-corrected chi connectivity index (χ3v) is 5.02. The average Bonchev–Trinajstić information content (AvgIpc) is 3.16. The summed E-state index contributed by atoms with van der Waals surface area (Å²) in [6.45, 7) is 7.25. The Morgan fingerprint density at radius 2 is 1.77 bits per heavy atom. The molecule has 1 fully saturated rings. The maximum absolute atomic E-state index is 12.8. The van der Waals surface area contributed by atoms with Crippen molar-refractivity contribution in [2.24, 2.45) is 0 Å². The van der Waals surface area contributed by atoms with Gasteiger partial charge < -0.3 is 14.8 Å². The SMILES string of the molecule is CC(C)c1ccc(C(=O)N2CCN(c3ncnc4[nH]ccc34)CC2)cc1. The fourth-order valence-corrected chi connectivity index (χ4v) is 3.43. The maximum Gasteiger partial charge on any atom is 0.253 e. The molecule has 1 aliphatic heterocycles. The van der Waals surface area contributed by atoms with Crippen molar-refractivity contribution in [3.8, 4) is 0 Å². The molecule has 134 valence electrons. The molecule has 3 aromatic rings.